The van der Waals surface area contributed by atoms with Gasteiger partial charge in [-0.2, -0.15) is 0 Å². The third-order valence-corrected chi connectivity index (χ3v) is 6.53. The first-order valence-corrected chi connectivity index (χ1v) is 12.4. The number of hydrogen-bond acceptors (Lipinski definition) is 5. The smallest absolute Gasteiger partial charge is 0.251 e. The number of hydrogen-bond donors (Lipinski definition) is 3. The lowest BCUT2D eigenvalue weighted by molar-refractivity contribution is 0.0995. The Kier molecular flexibility index (Phi) is 9.17. The highest BCUT2D eigenvalue weighted by Gasteiger charge is 2.16. The summed E-state index contributed by atoms with van der Waals surface area (Å²) in [6.45, 7) is 5.83. The number of nitrogens with two attached hydrogens (primary N) is 1. The molecule has 6 nitrogen and oxygen atoms in total. The van der Waals surface area contributed by atoms with Crippen LogP contribution in [0.5, 0.6) is 11.5 Å². The largest absolute Gasteiger partial charge is 0.457 e. The highest BCUT2D eigenvalue weighted by molar-refractivity contribution is 6.01. The summed E-state index contributed by atoms with van der Waals surface area (Å²) in [7, 11) is 1.78. The third-order valence-electron chi connectivity index (χ3n) is 6.53. The second-order valence-corrected chi connectivity index (χ2v) is 8.98. The third kappa shape index (κ3) is 6.47. The molecule has 0 bridgehead atoms. The van der Waals surface area contributed by atoms with Gasteiger partial charge in [-0.15, -0.1) is 0 Å². The highest BCUT2D eigenvalue weighted by atomic mass is 19.1. The standard InChI is InChI=1S/C23H23FN4O2.C6H12.H2/c1-4-14-9-15(10-19(24)22(14)23(26)29)20-11-17(7-8-28-20)30-16-5-6-18(13(2)25)21(12-16)27-3;1-2-6-4-3-5-6;/h5-12,25,27H,4H2,1-3H3,(H2,26,29);6H,2-5H2,1H3;1H. The highest BCUT2D eigenvalue weighted by Crippen LogP contribution is 2.31. The molecule has 1 saturated carbocycles. The maximum absolute atomic E-state index is 14.5. The zero-order valence-electron chi connectivity index (χ0n) is 21.5. The number of aryl methyl sites for hydroxylation is 1. The molecule has 1 fully saturated rings. The van der Waals surface area contributed by atoms with Gasteiger partial charge in [-0.3, -0.25) is 9.78 Å². The SMILES string of the molecule is CCC1CCC1.CCc1cc(-c2cc(Oc3ccc(C(C)=N)c(NC)c3)ccn2)cc(F)c1C(N)=O.[HH]. The number of halogens is 1. The summed E-state index contributed by atoms with van der Waals surface area (Å²) in [5.74, 6) is 0.779. The van der Waals surface area contributed by atoms with E-state index < -0.39 is 11.7 Å². The van der Waals surface area contributed by atoms with Crippen molar-refractivity contribution in [2.24, 2.45) is 11.7 Å². The van der Waals surface area contributed by atoms with Gasteiger partial charge in [0.15, 0.2) is 0 Å². The number of anilines is 1. The summed E-state index contributed by atoms with van der Waals surface area (Å²) in [5.41, 5.74) is 8.82. The summed E-state index contributed by atoms with van der Waals surface area (Å²) in [6.07, 6.45) is 7.97. The Labute approximate surface area is 214 Å². The molecule has 1 aliphatic rings. The lowest BCUT2D eigenvalue weighted by atomic mass is 9.84. The molecule has 36 heavy (non-hydrogen) atoms. The minimum absolute atomic E-state index is 0. The fourth-order valence-corrected chi connectivity index (χ4v) is 4.16. The number of carbonyl (C=O) groups excluding carboxylic acids is 1. The average molecular weight is 493 g/mol. The van der Waals surface area contributed by atoms with Crippen LogP contribution in [0, 0.1) is 17.1 Å². The van der Waals surface area contributed by atoms with Crippen LogP contribution in [-0.2, 0) is 6.42 Å². The van der Waals surface area contributed by atoms with Crippen molar-refractivity contribution in [1.82, 2.24) is 4.98 Å². The van der Waals surface area contributed by atoms with E-state index in [1.807, 2.05) is 19.1 Å². The number of carbonyl (C=O) groups is 1. The molecule has 0 aliphatic heterocycles. The minimum Gasteiger partial charge on any atom is -0.457 e. The molecular weight excluding hydrogens is 455 g/mol. The van der Waals surface area contributed by atoms with Crippen molar-refractivity contribution in [1.29, 1.82) is 5.41 Å². The van der Waals surface area contributed by atoms with Crippen LogP contribution < -0.4 is 15.8 Å². The zero-order chi connectivity index (χ0) is 26.2. The first kappa shape index (κ1) is 26.9. The molecule has 0 radical (unpaired) electrons. The van der Waals surface area contributed by atoms with E-state index in [0.29, 0.717) is 40.5 Å². The topological polar surface area (TPSA) is 101 Å². The number of nitrogens with zero attached hydrogens (tertiary/aromatic N) is 1. The molecule has 192 valence electrons. The molecule has 0 spiro atoms. The quantitative estimate of drug-likeness (QED) is 0.289. The maximum Gasteiger partial charge on any atom is 0.251 e. The Balaban J connectivity index is 0.000000604. The van der Waals surface area contributed by atoms with Gasteiger partial charge in [-0.1, -0.05) is 39.5 Å². The predicted molar refractivity (Wildman–Crippen MR) is 146 cm³/mol. The molecule has 7 heteroatoms. The summed E-state index contributed by atoms with van der Waals surface area (Å²) < 4.78 is 20.4. The fourth-order valence-electron chi connectivity index (χ4n) is 4.16. The van der Waals surface area contributed by atoms with Gasteiger partial charge in [0.2, 0.25) is 0 Å². The first-order chi connectivity index (χ1) is 17.3. The van der Waals surface area contributed by atoms with Gasteiger partial charge in [0.1, 0.15) is 17.3 Å². The van der Waals surface area contributed by atoms with Gasteiger partial charge in [0, 0.05) is 49.3 Å². The number of rotatable bonds is 8. The lowest BCUT2D eigenvalue weighted by Gasteiger charge is -2.22. The van der Waals surface area contributed by atoms with Crippen molar-refractivity contribution in [2.75, 3.05) is 12.4 Å². The van der Waals surface area contributed by atoms with Crippen LogP contribution in [0.25, 0.3) is 11.3 Å². The molecule has 1 aliphatic carbocycles. The first-order valence-electron chi connectivity index (χ1n) is 12.4. The van der Waals surface area contributed by atoms with E-state index in [2.05, 4.69) is 17.2 Å². The Hall–Kier alpha value is -3.74. The van der Waals surface area contributed by atoms with Crippen LogP contribution in [0.4, 0.5) is 10.1 Å². The van der Waals surface area contributed by atoms with E-state index in [9.17, 15) is 9.18 Å². The van der Waals surface area contributed by atoms with Crippen molar-refractivity contribution in [2.45, 2.75) is 52.9 Å². The molecule has 4 N–H and O–H groups in total. The van der Waals surface area contributed by atoms with Crippen molar-refractivity contribution >= 4 is 17.3 Å². The Morgan fingerprint density at radius 2 is 1.92 bits per heavy atom. The van der Waals surface area contributed by atoms with Crippen LogP contribution in [-0.4, -0.2) is 23.7 Å². The Bertz CT molecular complexity index is 1240. The van der Waals surface area contributed by atoms with Crippen LogP contribution in [0.15, 0.2) is 48.7 Å². The number of pyridine rings is 1. The summed E-state index contributed by atoms with van der Waals surface area (Å²) in [4.78, 5) is 15.9. The van der Waals surface area contributed by atoms with E-state index in [-0.39, 0.29) is 6.99 Å². The van der Waals surface area contributed by atoms with Crippen molar-refractivity contribution < 1.29 is 15.3 Å². The number of amides is 1. The molecule has 4 rings (SSSR count). The molecule has 1 heterocycles. The molecule has 0 saturated heterocycles. The Morgan fingerprint density at radius 3 is 2.44 bits per heavy atom. The van der Waals surface area contributed by atoms with Crippen LogP contribution in [0.3, 0.4) is 0 Å². The van der Waals surface area contributed by atoms with E-state index in [1.54, 1.807) is 44.4 Å². The molecule has 3 aromatic rings. The molecule has 1 aromatic heterocycles. The van der Waals surface area contributed by atoms with Gasteiger partial charge in [-0.05, 0) is 55.2 Å². The van der Waals surface area contributed by atoms with Gasteiger partial charge in [0.05, 0.1) is 11.3 Å². The normalized spacial score (nSPS) is 12.7. The van der Waals surface area contributed by atoms with Crippen molar-refractivity contribution in [3.63, 3.8) is 0 Å². The predicted octanol–water partition coefficient (Wildman–Crippen LogP) is 7.21. The number of primary amides is 1. The molecule has 2 aromatic carbocycles. The van der Waals surface area contributed by atoms with Gasteiger partial charge < -0.3 is 21.2 Å². The summed E-state index contributed by atoms with van der Waals surface area (Å²) >= 11 is 0. The number of aromatic nitrogens is 1. The number of ether oxygens (including phenoxy) is 1. The molecule has 0 atom stereocenters. The molecular formula is C29H37FN4O2. The molecule has 1 amide bonds. The van der Waals surface area contributed by atoms with Crippen LogP contribution >= 0.6 is 0 Å². The van der Waals surface area contributed by atoms with Gasteiger partial charge >= 0.3 is 0 Å². The van der Waals surface area contributed by atoms with E-state index >= 15 is 0 Å². The van der Waals surface area contributed by atoms with Crippen LogP contribution in [0.2, 0.25) is 0 Å². The van der Waals surface area contributed by atoms with Gasteiger partial charge in [-0.25, -0.2) is 4.39 Å². The zero-order valence-corrected chi connectivity index (χ0v) is 21.5. The molecule has 0 unspecified atom stereocenters. The maximum atomic E-state index is 14.5. The monoisotopic (exact) mass is 492 g/mol. The Morgan fingerprint density at radius 1 is 1.19 bits per heavy atom. The summed E-state index contributed by atoms with van der Waals surface area (Å²) in [6, 6.07) is 11.8. The van der Waals surface area contributed by atoms with Gasteiger partial charge in [0.25, 0.3) is 5.91 Å². The average Bonchev–Trinajstić information content (AvgIpc) is 2.82. The van der Waals surface area contributed by atoms with E-state index in [1.165, 1.54) is 31.7 Å². The van der Waals surface area contributed by atoms with Crippen LogP contribution in [0.1, 0.15) is 69.4 Å². The lowest BCUT2D eigenvalue weighted by Crippen LogP contribution is -2.16. The number of benzene rings is 2. The number of nitrogens with one attached hydrogen (secondary N) is 2. The van der Waals surface area contributed by atoms with E-state index in [4.69, 9.17) is 15.9 Å². The van der Waals surface area contributed by atoms with Crippen molar-refractivity contribution in [3.05, 3.63) is 71.2 Å². The fraction of sp³-hybridized carbons (Fsp3) is 0.345. The second kappa shape index (κ2) is 12.3. The van der Waals surface area contributed by atoms with E-state index in [0.717, 1.165) is 17.2 Å². The van der Waals surface area contributed by atoms with Crippen molar-refractivity contribution in [3.8, 4) is 22.8 Å². The summed E-state index contributed by atoms with van der Waals surface area (Å²) in [5, 5.41) is 10.9. The minimum atomic E-state index is -0.787. The second-order valence-electron chi connectivity index (χ2n) is 8.98.